The molecule has 42 heavy (non-hydrogen) atoms. The van der Waals surface area contributed by atoms with Gasteiger partial charge in [0.05, 0.1) is 0 Å². The summed E-state index contributed by atoms with van der Waals surface area (Å²) in [5.41, 5.74) is 0.762. The van der Waals surface area contributed by atoms with Crippen molar-refractivity contribution in [3.05, 3.63) is 60.7 Å². The van der Waals surface area contributed by atoms with Gasteiger partial charge in [-0.15, -0.1) is 0 Å². The molecule has 0 heterocycles. The van der Waals surface area contributed by atoms with Gasteiger partial charge in [-0.05, 0) is 120 Å². The van der Waals surface area contributed by atoms with E-state index in [1.54, 1.807) is 0 Å². The van der Waals surface area contributed by atoms with Gasteiger partial charge >= 0.3 is 5.97 Å². The van der Waals surface area contributed by atoms with Crippen LogP contribution in [0.3, 0.4) is 0 Å². The van der Waals surface area contributed by atoms with E-state index in [4.69, 9.17) is 4.43 Å². The summed E-state index contributed by atoms with van der Waals surface area (Å²) in [4.78, 5) is 11.4. The smallest absolute Gasteiger partial charge is 0.303 e. The maximum atomic E-state index is 11.4. The van der Waals surface area contributed by atoms with Gasteiger partial charge in [0.1, 0.15) is 0 Å². The molecule has 0 saturated heterocycles. The third kappa shape index (κ3) is 4.93. The summed E-state index contributed by atoms with van der Waals surface area (Å²) in [7, 11) is -2.55. The van der Waals surface area contributed by atoms with E-state index in [0.717, 1.165) is 30.1 Å². The van der Waals surface area contributed by atoms with Gasteiger partial charge in [-0.2, -0.15) is 0 Å². The molecule has 2 aromatic carbocycles. The molecule has 4 aliphatic rings. The number of fused-ring (bicyclic) bond motifs is 5. The molecule has 228 valence electrons. The van der Waals surface area contributed by atoms with Crippen molar-refractivity contribution in [1.29, 1.82) is 0 Å². The molecule has 0 amide bonds. The number of carbonyl (C=O) groups is 1. The van der Waals surface area contributed by atoms with Crippen molar-refractivity contribution in [2.24, 2.45) is 40.4 Å². The van der Waals surface area contributed by atoms with Gasteiger partial charge in [0.2, 0.25) is 0 Å². The number of benzene rings is 2. The van der Waals surface area contributed by atoms with E-state index in [2.05, 4.69) is 95.3 Å². The average molecular weight is 587 g/mol. The second kappa shape index (κ2) is 11.2. The maximum absolute atomic E-state index is 11.4. The molecule has 4 saturated carbocycles. The van der Waals surface area contributed by atoms with E-state index in [-0.39, 0.29) is 5.04 Å². The van der Waals surface area contributed by atoms with Crippen molar-refractivity contribution >= 4 is 24.7 Å². The molecule has 0 aliphatic heterocycles. The zero-order chi connectivity index (χ0) is 29.8. The van der Waals surface area contributed by atoms with Crippen molar-refractivity contribution < 1.29 is 14.3 Å². The zero-order valence-electron chi connectivity index (χ0n) is 26.8. The summed E-state index contributed by atoms with van der Waals surface area (Å²) in [6.45, 7) is 12.4. The fraction of sp³-hybridized carbons (Fsp3) is 0.658. The maximum Gasteiger partial charge on any atom is 0.303 e. The van der Waals surface area contributed by atoms with Gasteiger partial charge in [0, 0.05) is 12.5 Å². The largest absolute Gasteiger partial charge is 0.481 e. The number of carboxylic acids is 1. The first-order valence-corrected chi connectivity index (χ1v) is 18.9. The molecule has 6 rings (SSSR count). The lowest BCUT2D eigenvalue weighted by molar-refractivity contribution is -0.138. The molecule has 0 radical (unpaired) electrons. The Hall–Kier alpha value is -1.91. The number of hydrogen-bond donors (Lipinski definition) is 1. The molecular formula is C38H54O3Si. The second-order valence-electron chi connectivity index (χ2n) is 16.1. The zero-order valence-corrected chi connectivity index (χ0v) is 27.8. The van der Waals surface area contributed by atoms with Crippen molar-refractivity contribution in [1.82, 2.24) is 0 Å². The van der Waals surface area contributed by atoms with Gasteiger partial charge in [0.15, 0.2) is 0 Å². The number of aliphatic carboxylic acids is 1. The lowest BCUT2D eigenvalue weighted by Crippen LogP contribution is -2.68. The third-order valence-electron chi connectivity index (χ3n) is 13.3. The Kier molecular flexibility index (Phi) is 8.05. The normalized spacial score (nSPS) is 36.5. The highest BCUT2D eigenvalue weighted by Crippen LogP contribution is 2.68. The van der Waals surface area contributed by atoms with Crippen LogP contribution in [-0.4, -0.2) is 25.5 Å². The first kappa shape index (κ1) is 30.1. The van der Waals surface area contributed by atoms with Crippen LogP contribution in [0.4, 0.5) is 0 Å². The fourth-order valence-corrected chi connectivity index (χ4v) is 15.9. The van der Waals surface area contributed by atoms with E-state index in [0.29, 0.717) is 29.3 Å². The van der Waals surface area contributed by atoms with Crippen LogP contribution in [0, 0.1) is 40.4 Å². The molecule has 0 aromatic heterocycles. The molecule has 0 spiro atoms. The van der Waals surface area contributed by atoms with E-state index >= 15 is 0 Å². The molecule has 1 N–H and O–H groups in total. The van der Waals surface area contributed by atoms with Crippen molar-refractivity contribution in [2.45, 2.75) is 116 Å². The van der Waals surface area contributed by atoms with Crippen molar-refractivity contribution in [2.75, 3.05) is 0 Å². The molecule has 5 unspecified atom stereocenters. The molecular weight excluding hydrogens is 533 g/mol. The van der Waals surface area contributed by atoms with Crippen LogP contribution in [-0.2, 0) is 9.22 Å². The SMILES string of the molecule is CC(C)(C)[Si](O[C@@H]1CC[C@@]2(C)C(CCC3C2CC[C@]2(C)C(CCC(=O)O)CCC32)C1)(c1ccccc1)c1ccccc1. The molecule has 4 fully saturated rings. The minimum absolute atomic E-state index is 0.0155. The predicted molar refractivity (Wildman–Crippen MR) is 175 cm³/mol. The third-order valence-corrected chi connectivity index (χ3v) is 18.4. The summed E-state index contributed by atoms with van der Waals surface area (Å²) in [5, 5.41) is 12.2. The van der Waals surface area contributed by atoms with Gasteiger partial charge < -0.3 is 9.53 Å². The van der Waals surface area contributed by atoms with Crippen LogP contribution >= 0.6 is 0 Å². The van der Waals surface area contributed by atoms with Crippen LogP contribution in [0.15, 0.2) is 60.7 Å². The minimum atomic E-state index is -2.55. The highest BCUT2D eigenvalue weighted by atomic mass is 28.4. The van der Waals surface area contributed by atoms with Gasteiger partial charge in [-0.1, -0.05) is 95.3 Å². The molecule has 0 bridgehead atoms. The monoisotopic (exact) mass is 586 g/mol. The highest BCUT2D eigenvalue weighted by Gasteiger charge is 2.61. The van der Waals surface area contributed by atoms with E-state index in [9.17, 15) is 9.90 Å². The van der Waals surface area contributed by atoms with Gasteiger partial charge in [0.25, 0.3) is 8.32 Å². The number of hydrogen-bond acceptors (Lipinski definition) is 2. The topological polar surface area (TPSA) is 46.5 Å². The van der Waals surface area contributed by atoms with Crippen LogP contribution in [0.1, 0.15) is 105 Å². The quantitative estimate of drug-likeness (QED) is 0.331. The Morgan fingerprint density at radius 3 is 2.02 bits per heavy atom. The Bertz CT molecular complexity index is 1200. The lowest BCUT2D eigenvalue weighted by Gasteiger charge is -2.61. The van der Waals surface area contributed by atoms with Crippen LogP contribution in [0.2, 0.25) is 5.04 Å². The highest BCUT2D eigenvalue weighted by molar-refractivity contribution is 6.99. The number of carboxylic acid groups (broad SMARTS) is 1. The lowest BCUT2D eigenvalue weighted by atomic mass is 9.44. The Labute approximate surface area is 256 Å². The molecule has 4 aliphatic carbocycles. The predicted octanol–water partition coefficient (Wildman–Crippen LogP) is 8.46. The molecule has 3 nitrogen and oxygen atoms in total. The summed E-state index contributed by atoms with van der Waals surface area (Å²) in [6.07, 6.45) is 13.1. The molecule has 8 atom stereocenters. The summed E-state index contributed by atoms with van der Waals surface area (Å²) < 4.78 is 7.68. The van der Waals surface area contributed by atoms with Gasteiger partial charge in [-0.3, -0.25) is 4.79 Å². The van der Waals surface area contributed by atoms with Crippen LogP contribution in [0.5, 0.6) is 0 Å². The summed E-state index contributed by atoms with van der Waals surface area (Å²) in [6, 6.07) is 22.4. The van der Waals surface area contributed by atoms with Crippen molar-refractivity contribution in [3.63, 3.8) is 0 Å². The Balaban J connectivity index is 1.23. The van der Waals surface area contributed by atoms with Crippen LogP contribution < -0.4 is 10.4 Å². The van der Waals surface area contributed by atoms with Crippen LogP contribution in [0.25, 0.3) is 0 Å². The average Bonchev–Trinajstić information content (AvgIpc) is 3.31. The van der Waals surface area contributed by atoms with E-state index in [1.165, 1.54) is 68.2 Å². The molecule has 2 aromatic rings. The number of rotatable bonds is 7. The first-order valence-electron chi connectivity index (χ1n) is 17.0. The van der Waals surface area contributed by atoms with Crippen molar-refractivity contribution in [3.8, 4) is 0 Å². The van der Waals surface area contributed by atoms with E-state index < -0.39 is 14.3 Å². The second-order valence-corrected chi connectivity index (χ2v) is 20.3. The first-order chi connectivity index (χ1) is 20.0. The molecule has 4 heteroatoms. The van der Waals surface area contributed by atoms with E-state index in [1.807, 2.05) is 0 Å². The Morgan fingerprint density at radius 1 is 0.833 bits per heavy atom. The Morgan fingerprint density at radius 2 is 1.43 bits per heavy atom. The summed E-state index contributed by atoms with van der Waals surface area (Å²) >= 11 is 0. The minimum Gasteiger partial charge on any atom is -0.481 e. The van der Waals surface area contributed by atoms with Gasteiger partial charge in [-0.25, -0.2) is 0 Å². The standard InChI is InChI=1S/C38H54O3Si/c1-36(2,3)42(30-12-8-6-9-13-30,31-14-10-7-11-15-31)41-29-22-24-38(5)28(26-29)16-19-32-33-20-17-27(18-21-35(39)40)37(33,4)25-23-34(32)38/h6-15,27-29,32-34H,16-26H2,1-5H3,(H,39,40)/t27?,28?,29-,32?,33?,34?,37-,38+/m1/s1. The summed E-state index contributed by atoms with van der Waals surface area (Å²) in [5.74, 6) is 3.15. The fourth-order valence-electron chi connectivity index (χ4n) is 11.1.